The smallest absolute Gasteiger partial charge is 0.292 e. The highest BCUT2D eigenvalue weighted by molar-refractivity contribution is 5.84. The molecule has 3 unspecified atom stereocenters. The van der Waals surface area contributed by atoms with Crippen molar-refractivity contribution in [2.45, 2.75) is 72.3 Å². The first-order chi connectivity index (χ1) is 13.5. The molecule has 0 amide bonds. The fraction of sp³-hybridized carbons (Fsp3) is 0.739. The van der Waals surface area contributed by atoms with Gasteiger partial charge >= 0.3 is 0 Å². The van der Waals surface area contributed by atoms with Crippen LogP contribution in [0.2, 0.25) is 0 Å². The Morgan fingerprint density at radius 2 is 2.00 bits per heavy atom. The molecule has 0 radical (unpaired) electrons. The highest BCUT2D eigenvalue weighted by atomic mass is 16.5. The molecule has 28 heavy (non-hydrogen) atoms. The predicted octanol–water partition coefficient (Wildman–Crippen LogP) is 4.06. The van der Waals surface area contributed by atoms with E-state index in [2.05, 4.69) is 53.4 Å². The summed E-state index contributed by atoms with van der Waals surface area (Å²) in [5.41, 5.74) is 2.63. The van der Waals surface area contributed by atoms with Gasteiger partial charge in [0.05, 0.1) is 7.11 Å². The summed E-state index contributed by atoms with van der Waals surface area (Å²) >= 11 is 0. The maximum Gasteiger partial charge on any atom is 0.292 e. The monoisotopic (exact) mass is 392 g/mol. The lowest BCUT2D eigenvalue weighted by Crippen LogP contribution is -2.43. The number of hydrogen-bond acceptors (Lipinski definition) is 5. The van der Waals surface area contributed by atoms with Crippen molar-refractivity contribution in [1.82, 2.24) is 4.90 Å². The van der Waals surface area contributed by atoms with Crippen molar-refractivity contribution >= 4 is 12.2 Å². The first-order valence-corrected chi connectivity index (χ1v) is 10.4. The molecule has 1 saturated heterocycles. The number of methoxy groups -OCH3 is 1. The third-order valence-corrected chi connectivity index (χ3v) is 5.69. The molecule has 1 aliphatic carbocycles. The number of fused-ring (bicyclic) bond motifs is 1. The topological polar surface area (TPSA) is 62.1 Å². The number of aliphatic hydroxyl groups excluding tert-OH is 1. The third-order valence-electron chi connectivity index (χ3n) is 5.69. The highest BCUT2D eigenvalue weighted by Crippen LogP contribution is 2.49. The Labute approximate surface area is 172 Å². The summed E-state index contributed by atoms with van der Waals surface area (Å²) in [6.45, 7) is 10.2. The van der Waals surface area contributed by atoms with Gasteiger partial charge in [0.25, 0.3) is 6.47 Å². The number of aliphatic hydroxyl groups is 1. The predicted molar refractivity (Wildman–Crippen MR) is 117 cm³/mol. The zero-order valence-corrected chi connectivity index (χ0v) is 18.9. The quantitative estimate of drug-likeness (QED) is 0.540. The molecule has 3 rings (SSSR count). The van der Waals surface area contributed by atoms with Crippen molar-refractivity contribution in [1.29, 1.82) is 0 Å². The number of carbonyl (C=O) groups is 1. The van der Waals surface area contributed by atoms with Gasteiger partial charge in [0, 0.05) is 24.8 Å². The Balaban J connectivity index is 0.000000797. The largest absolute Gasteiger partial charge is 0.471 e. The van der Waals surface area contributed by atoms with Crippen molar-refractivity contribution < 1.29 is 14.6 Å². The van der Waals surface area contributed by atoms with Gasteiger partial charge in [-0.1, -0.05) is 33.1 Å². The number of allylic oxidation sites excluding steroid dienone is 2. The van der Waals surface area contributed by atoms with Crippen LogP contribution in [-0.4, -0.2) is 56.0 Å². The van der Waals surface area contributed by atoms with E-state index in [4.69, 9.17) is 9.90 Å². The Bertz CT molecular complexity index is 574. The fourth-order valence-electron chi connectivity index (χ4n) is 4.25. The second-order valence-electron chi connectivity index (χ2n) is 7.31. The van der Waals surface area contributed by atoms with Crippen molar-refractivity contribution in [3.63, 3.8) is 0 Å². The van der Waals surface area contributed by atoms with Crippen LogP contribution >= 0.6 is 0 Å². The van der Waals surface area contributed by atoms with Crippen molar-refractivity contribution in [2.75, 3.05) is 27.8 Å². The van der Waals surface area contributed by atoms with Crippen LogP contribution in [0.15, 0.2) is 16.8 Å². The molecule has 160 valence electrons. The third kappa shape index (κ3) is 7.41. The zero-order chi connectivity index (χ0) is 21.6. The molecule has 0 aromatic rings. The van der Waals surface area contributed by atoms with E-state index in [0.29, 0.717) is 17.8 Å². The van der Waals surface area contributed by atoms with Crippen LogP contribution in [0.1, 0.15) is 66.2 Å². The van der Waals surface area contributed by atoms with Crippen LogP contribution in [0.4, 0.5) is 0 Å². The molecule has 1 N–H and O–H groups in total. The Hall–Kier alpha value is -1.64. The van der Waals surface area contributed by atoms with E-state index in [0.717, 1.165) is 31.7 Å². The summed E-state index contributed by atoms with van der Waals surface area (Å²) in [6, 6.07) is 0.737. The Morgan fingerprint density at radius 3 is 2.57 bits per heavy atom. The SMILES string of the molecule is CC.CC1=NC(C#CC2CCCC3N(C)CCC23C)=CCC1.CO.COC=O. The number of hydrogen-bond donors (Lipinski definition) is 1. The molecule has 3 aliphatic rings. The van der Waals surface area contributed by atoms with Crippen LogP contribution in [0.25, 0.3) is 0 Å². The molecule has 5 heteroatoms. The molecule has 0 bridgehead atoms. The van der Waals surface area contributed by atoms with Crippen LogP contribution in [-0.2, 0) is 9.53 Å². The molecule has 1 saturated carbocycles. The lowest BCUT2D eigenvalue weighted by Gasteiger charge is -2.42. The summed E-state index contributed by atoms with van der Waals surface area (Å²) in [5, 5.41) is 7.00. The second-order valence-corrected chi connectivity index (χ2v) is 7.31. The zero-order valence-electron chi connectivity index (χ0n) is 18.9. The minimum absolute atomic E-state index is 0.375. The first kappa shape index (κ1) is 26.4. The second kappa shape index (κ2) is 14.4. The number of ether oxygens (including phenoxy) is 1. The molecule has 2 heterocycles. The number of carbonyl (C=O) groups excluding carboxylic acids is 1. The molecule has 5 nitrogen and oxygen atoms in total. The van der Waals surface area contributed by atoms with Gasteiger partial charge in [-0.15, -0.1) is 0 Å². The summed E-state index contributed by atoms with van der Waals surface area (Å²) in [4.78, 5) is 16.1. The van der Waals surface area contributed by atoms with Gasteiger partial charge in [-0.2, -0.15) is 0 Å². The minimum Gasteiger partial charge on any atom is -0.471 e. The molecule has 0 aromatic heterocycles. The van der Waals surface area contributed by atoms with E-state index in [1.165, 1.54) is 45.0 Å². The van der Waals surface area contributed by atoms with Gasteiger partial charge in [0.15, 0.2) is 0 Å². The summed E-state index contributed by atoms with van der Waals surface area (Å²) < 4.78 is 3.86. The molecule has 0 spiro atoms. The molecule has 2 aliphatic heterocycles. The first-order valence-electron chi connectivity index (χ1n) is 10.4. The van der Waals surface area contributed by atoms with Gasteiger partial charge in [-0.3, -0.25) is 4.79 Å². The maximum absolute atomic E-state index is 8.95. The van der Waals surface area contributed by atoms with Crippen molar-refractivity contribution in [2.24, 2.45) is 16.3 Å². The van der Waals surface area contributed by atoms with Gasteiger partial charge < -0.3 is 14.7 Å². The number of rotatable bonds is 1. The van der Waals surface area contributed by atoms with E-state index in [1.807, 2.05) is 13.8 Å². The van der Waals surface area contributed by atoms with Crippen LogP contribution < -0.4 is 0 Å². The molecule has 0 aromatic carbocycles. The number of aliphatic imine (C=N–C) groups is 1. The van der Waals surface area contributed by atoms with Crippen LogP contribution in [0, 0.1) is 23.2 Å². The van der Waals surface area contributed by atoms with E-state index >= 15 is 0 Å². The summed E-state index contributed by atoms with van der Waals surface area (Å²) in [5.74, 6) is 7.52. The van der Waals surface area contributed by atoms with E-state index in [1.54, 1.807) is 0 Å². The van der Waals surface area contributed by atoms with Crippen LogP contribution in [0.5, 0.6) is 0 Å². The maximum atomic E-state index is 8.95. The Kier molecular flexibility index (Phi) is 13.5. The lowest BCUT2D eigenvalue weighted by atomic mass is 9.65. The van der Waals surface area contributed by atoms with Gasteiger partial charge in [-0.05, 0) is 70.0 Å². The van der Waals surface area contributed by atoms with Crippen molar-refractivity contribution in [3.8, 4) is 11.8 Å². The lowest BCUT2D eigenvalue weighted by molar-refractivity contribution is -0.126. The number of nitrogens with zero attached hydrogens (tertiary/aromatic N) is 2. The molecule has 2 fully saturated rings. The normalized spacial score (nSPS) is 28.0. The summed E-state index contributed by atoms with van der Waals surface area (Å²) in [7, 11) is 4.59. The Morgan fingerprint density at radius 1 is 1.36 bits per heavy atom. The average Bonchev–Trinajstić information content (AvgIpc) is 3.05. The van der Waals surface area contributed by atoms with Crippen LogP contribution in [0.3, 0.4) is 0 Å². The van der Waals surface area contributed by atoms with Gasteiger partial charge in [-0.25, -0.2) is 4.99 Å². The molecular formula is C23H40N2O3. The standard InChI is InChI=1S/C18H26N2.C2H4O2.C2H6.CH4O/c1-14-6-4-8-16(19-14)11-10-15-7-5-9-17-18(15,2)12-13-20(17)3;1-4-2-3;2*1-2/h8,15,17H,4-7,9,12-13H2,1-3H3;2H,1H3;1-2H3;2H,1H3. The van der Waals surface area contributed by atoms with E-state index in [9.17, 15) is 0 Å². The number of likely N-dealkylation sites (tertiary alicyclic amines) is 1. The van der Waals surface area contributed by atoms with Gasteiger partial charge in [0.2, 0.25) is 0 Å². The minimum atomic E-state index is 0.375. The fourth-order valence-corrected chi connectivity index (χ4v) is 4.25. The van der Waals surface area contributed by atoms with Crippen molar-refractivity contribution in [3.05, 3.63) is 11.8 Å². The van der Waals surface area contributed by atoms with E-state index in [-0.39, 0.29) is 0 Å². The van der Waals surface area contributed by atoms with E-state index < -0.39 is 0 Å². The average molecular weight is 393 g/mol. The van der Waals surface area contributed by atoms with Gasteiger partial charge in [0.1, 0.15) is 5.70 Å². The molecular weight excluding hydrogens is 352 g/mol. The highest BCUT2D eigenvalue weighted by Gasteiger charge is 2.48. The molecule has 3 atom stereocenters. The summed E-state index contributed by atoms with van der Waals surface area (Å²) in [6.07, 6.45) is 9.64.